The van der Waals surface area contributed by atoms with Crippen LogP contribution in [0.25, 0.3) is 11.1 Å². The lowest BCUT2D eigenvalue weighted by Gasteiger charge is -2.37. The van der Waals surface area contributed by atoms with Gasteiger partial charge in [-0.2, -0.15) is 0 Å². The third-order valence-corrected chi connectivity index (χ3v) is 12.2. The van der Waals surface area contributed by atoms with Gasteiger partial charge in [-0.25, -0.2) is 4.79 Å². The maximum atomic E-state index is 14.4. The fraction of sp³-hybridized carbons (Fsp3) is 0.271. The summed E-state index contributed by atoms with van der Waals surface area (Å²) in [6.45, 7) is 4.72. The minimum Gasteiger partial charge on any atom is -0.468 e. The summed E-state index contributed by atoms with van der Waals surface area (Å²) in [5.41, 5.74) is 7.14. The van der Waals surface area contributed by atoms with Crippen molar-refractivity contribution in [1.82, 2.24) is 21.3 Å². The van der Waals surface area contributed by atoms with E-state index >= 15 is 0 Å². The zero-order chi connectivity index (χ0) is 42.6. The lowest BCUT2D eigenvalue weighted by Crippen LogP contribution is -2.58. The molecule has 3 atom stereocenters. The average Bonchev–Trinajstić information content (AvgIpc) is 3.60. The highest BCUT2D eigenvalue weighted by Gasteiger charge is 2.40. The quantitative estimate of drug-likeness (QED) is 0.0609. The molecule has 4 amide bonds. The Kier molecular flexibility index (Phi) is 14.4. The molecule has 1 aliphatic rings. The number of ether oxygens (including phenoxy) is 2. The molecule has 11 nitrogen and oxygen atoms in total. The third-order valence-electron chi connectivity index (χ3n) is 10.6. The van der Waals surface area contributed by atoms with E-state index in [-0.39, 0.29) is 30.7 Å². The number of fused-ring (bicyclic) bond motifs is 3. The largest absolute Gasteiger partial charge is 0.468 e. The molecule has 0 unspecified atom stereocenters. The standard InChI is InChI=1S/C48H50N4O7S/c1-31(2)43(46(56)49-28-42(53)58-4)52-45(55)41(30-60-48(33-18-8-5-9-19-33,34-20-10-6-11-21-34)35-22-12-7-13-23-35)51-44(54)32(3)50-47(57)59-29-40-38-26-16-14-24-36(38)37-25-15-17-27-39(37)40/h5-27,31-32,40-41,43H,28-30H2,1-4H3,(H,49,56)(H,50,57)(H,51,54)(H,52,55)/t32-,41-,43-/m1/s1. The normalized spacial score (nSPS) is 13.5. The van der Waals surface area contributed by atoms with Gasteiger partial charge in [-0.05, 0) is 51.8 Å². The van der Waals surface area contributed by atoms with Crippen molar-refractivity contribution in [3.63, 3.8) is 0 Å². The zero-order valence-electron chi connectivity index (χ0n) is 34.1. The lowest BCUT2D eigenvalue weighted by molar-refractivity contribution is -0.141. The number of thioether (sulfide) groups is 1. The van der Waals surface area contributed by atoms with Crippen LogP contribution in [-0.2, 0) is 33.4 Å². The summed E-state index contributed by atoms with van der Waals surface area (Å²) in [7, 11) is 1.21. The molecule has 6 rings (SSSR count). The van der Waals surface area contributed by atoms with Crippen LogP contribution in [0.1, 0.15) is 54.5 Å². The van der Waals surface area contributed by atoms with E-state index in [1.165, 1.54) is 25.8 Å². The number of rotatable bonds is 17. The van der Waals surface area contributed by atoms with Gasteiger partial charge in [0.1, 0.15) is 31.3 Å². The highest BCUT2D eigenvalue weighted by atomic mass is 32.2. The van der Waals surface area contributed by atoms with Crippen LogP contribution in [0.3, 0.4) is 0 Å². The van der Waals surface area contributed by atoms with Gasteiger partial charge < -0.3 is 30.7 Å². The van der Waals surface area contributed by atoms with Gasteiger partial charge in [0.15, 0.2) is 0 Å². The Bertz CT molecular complexity index is 2130. The van der Waals surface area contributed by atoms with E-state index in [0.29, 0.717) is 0 Å². The first-order chi connectivity index (χ1) is 29.0. The monoisotopic (exact) mass is 826 g/mol. The SMILES string of the molecule is COC(=O)CNC(=O)[C@H](NC(=O)[C@@H](CSC(c1ccccc1)(c1ccccc1)c1ccccc1)NC(=O)[C@@H](C)NC(=O)OCC1c2ccccc2-c2ccccc21)C(C)C. The first-order valence-electron chi connectivity index (χ1n) is 19.9. The van der Waals surface area contributed by atoms with Crippen LogP contribution >= 0.6 is 11.8 Å². The van der Waals surface area contributed by atoms with Gasteiger partial charge in [0.25, 0.3) is 0 Å². The second-order valence-electron chi connectivity index (χ2n) is 14.9. The molecule has 5 aromatic rings. The van der Waals surface area contributed by atoms with Crippen molar-refractivity contribution in [3.8, 4) is 11.1 Å². The van der Waals surface area contributed by atoms with E-state index in [9.17, 15) is 24.0 Å². The molecule has 12 heteroatoms. The minimum atomic E-state index is -1.19. The number of carbonyl (C=O) groups is 5. The molecule has 310 valence electrons. The van der Waals surface area contributed by atoms with Gasteiger partial charge in [-0.15, -0.1) is 11.8 Å². The molecule has 1 aliphatic carbocycles. The molecule has 0 saturated carbocycles. The van der Waals surface area contributed by atoms with Crippen LogP contribution in [-0.4, -0.2) is 73.9 Å². The van der Waals surface area contributed by atoms with Crippen LogP contribution < -0.4 is 21.3 Å². The van der Waals surface area contributed by atoms with E-state index < -0.39 is 52.7 Å². The first-order valence-corrected chi connectivity index (χ1v) is 20.9. The van der Waals surface area contributed by atoms with Crippen molar-refractivity contribution in [2.24, 2.45) is 5.92 Å². The molecule has 0 radical (unpaired) electrons. The summed E-state index contributed by atoms with van der Waals surface area (Å²) >= 11 is 1.46. The Labute approximate surface area is 355 Å². The van der Waals surface area contributed by atoms with E-state index in [0.717, 1.165) is 38.9 Å². The molecule has 0 fully saturated rings. The maximum absolute atomic E-state index is 14.4. The highest BCUT2D eigenvalue weighted by molar-refractivity contribution is 8.00. The molecule has 5 aromatic carbocycles. The Hall–Kier alpha value is -6.40. The molecule has 0 saturated heterocycles. The number of hydrogen-bond acceptors (Lipinski definition) is 8. The number of benzene rings is 5. The molecule has 0 spiro atoms. The number of alkyl carbamates (subject to hydrolysis) is 1. The van der Waals surface area contributed by atoms with E-state index in [1.807, 2.05) is 140 Å². The fourth-order valence-corrected chi connectivity index (χ4v) is 9.03. The van der Waals surface area contributed by atoms with Crippen molar-refractivity contribution >= 4 is 41.5 Å². The summed E-state index contributed by atoms with van der Waals surface area (Å²) in [5, 5.41) is 10.8. The van der Waals surface area contributed by atoms with Crippen molar-refractivity contribution in [2.75, 3.05) is 26.0 Å². The summed E-state index contributed by atoms with van der Waals surface area (Å²) in [6, 6.07) is 42.4. The Morgan fingerprint density at radius 3 is 1.58 bits per heavy atom. The predicted molar refractivity (Wildman–Crippen MR) is 233 cm³/mol. The number of nitrogens with one attached hydrogen (secondary N) is 4. The van der Waals surface area contributed by atoms with Crippen molar-refractivity contribution < 1.29 is 33.4 Å². The van der Waals surface area contributed by atoms with E-state index in [1.54, 1.807) is 13.8 Å². The minimum absolute atomic E-state index is 0.0442. The van der Waals surface area contributed by atoms with Gasteiger partial charge >= 0.3 is 12.1 Å². The highest BCUT2D eigenvalue weighted by Crippen LogP contribution is 2.49. The van der Waals surface area contributed by atoms with Gasteiger partial charge in [-0.1, -0.05) is 153 Å². The second-order valence-corrected chi connectivity index (χ2v) is 16.1. The molecule has 60 heavy (non-hydrogen) atoms. The maximum Gasteiger partial charge on any atom is 0.407 e. The van der Waals surface area contributed by atoms with Crippen LogP contribution in [0.15, 0.2) is 140 Å². The van der Waals surface area contributed by atoms with Gasteiger partial charge in [-0.3, -0.25) is 19.2 Å². The van der Waals surface area contributed by atoms with Gasteiger partial charge in [0.05, 0.1) is 11.9 Å². The van der Waals surface area contributed by atoms with Crippen LogP contribution in [0, 0.1) is 5.92 Å². The predicted octanol–water partition coefficient (Wildman–Crippen LogP) is 6.55. The Morgan fingerprint density at radius 2 is 1.10 bits per heavy atom. The van der Waals surface area contributed by atoms with Crippen LogP contribution in [0.5, 0.6) is 0 Å². The number of hydrogen-bond donors (Lipinski definition) is 4. The molecule has 0 heterocycles. The topological polar surface area (TPSA) is 152 Å². The summed E-state index contributed by atoms with van der Waals surface area (Å²) in [5.74, 6) is -3.00. The number of methoxy groups -OCH3 is 1. The Morgan fingerprint density at radius 1 is 0.617 bits per heavy atom. The van der Waals surface area contributed by atoms with Crippen molar-refractivity contribution in [2.45, 2.75) is 49.6 Å². The number of esters is 1. The van der Waals surface area contributed by atoms with Gasteiger partial charge in [0, 0.05) is 11.7 Å². The first kappa shape index (κ1) is 43.2. The number of carbonyl (C=O) groups excluding carboxylic acids is 5. The third kappa shape index (κ3) is 9.89. The van der Waals surface area contributed by atoms with Crippen molar-refractivity contribution in [3.05, 3.63) is 167 Å². The van der Waals surface area contributed by atoms with Crippen molar-refractivity contribution in [1.29, 1.82) is 0 Å². The molecule has 0 aromatic heterocycles. The summed E-state index contributed by atoms with van der Waals surface area (Å²) < 4.78 is 9.54. The van der Waals surface area contributed by atoms with Crippen LogP contribution in [0.2, 0.25) is 0 Å². The molecular formula is C48H50N4O7S. The fourth-order valence-electron chi connectivity index (χ4n) is 7.47. The average molecular weight is 827 g/mol. The molecule has 0 bridgehead atoms. The summed E-state index contributed by atoms with van der Waals surface area (Å²) in [4.78, 5) is 66.7. The zero-order valence-corrected chi connectivity index (χ0v) is 34.9. The second kappa shape index (κ2) is 20.0. The van der Waals surface area contributed by atoms with E-state index in [2.05, 4.69) is 26.0 Å². The smallest absolute Gasteiger partial charge is 0.407 e. The number of amides is 4. The molecular weight excluding hydrogens is 777 g/mol. The Balaban J connectivity index is 1.24. The summed E-state index contributed by atoms with van der Waals surface area (Å²) in [6.07, 6.45) is -0.784. The molecule has 4 N–H and O–H groups in total. The molecule has 0 aliphatic heterocycles. The van der Waals surface area contributed by atoms with Crippen LogP contribution in [0.4, 0.5) is 4.79 Å². The van der Waals surface area contributed by atoms with E-state index in [4.69, 9.17) is 4.74 Å². The lowest BCUT2D eigenvalue weighted by atomic mass is 9.84. The van der Waals surface area contributed by atoms with Gasteiger partial charge in [0.2, 0.25) is 17.7 Å².